The summed E-state index contributed by atoms with van der Waals surface area (Å²) < 4.78 is 0. The Labute approximate surface area is 85.8 Å². The topological polar surface area (TPSA) is 63.8 Å². The molecular formula is C9H10N4S. The first-order chi connectivity index (χ1) is 6.84. The van der Waals surface area contributed by atoms with E-state index in [2.05, 4.69) is 26.7 Å². The maximum absolute atomic E-state index is 5.52. The number of hydrogen-bond donors (Lipinski definition) is 2. The van der Waals surface area contributed by atoms with Crippen LogP contribution in [0.15, 0.2) is 29.1 Å². The maximum Gasteiger partial charge on any atom is 0.224 e. The lowest BCUT2D eigenvalue weighted by atomic mass is 10.3. The third kappa shape index (κ3) is 2.20. The smallest absolute Gasteiger partial charge is 0.224 e. The number of rotatable bonds is 3. The van der Waals surface area contributed by atoms with Crippen molar-refractivity contribution in [2.45, 2.75) is 6.54 Å². The molecule has 3 N–H and O–H groups in total. The molecule has 0 spiro atoms. The van der Waals surface area contributed by atoms with E-state index in [1.807, 2.05) is 5.38 Å². The molecule has 2 rings (SSSR count). The van der Waals surface area contributed by atoms with E-state index >= 15 is 0 Å². The van der Waals surface area contributed by atoms with Crippen LogP contribution in [-0.4, -0.2) is 9.97 Å². The summed E-state index contributed by atoms with van der Waals surface area (Å²) in [7, 11) is 0. The van der Waals surface area contributed by atoms with E-state index in [9.17, 15) is 0 Å². The first-order valence-corrected chi connectivity index (χ1v) is 5.12. The summed E-state index contributed by atoms with van der Waals surface area (Å²) >= 11 is 1.67. The molecule has 2 heterocycles. The highest BCUT2D eigenvalue weighted by molar-refractivity contribution is 7.07. The molecule has 0 saturated heterocycles. The Morgan fingerprint density at radius 3 is 3.07 bits per heavy atom. The molecule has 0 bridgehead atoms. The molecule has 0 atom stereocenters. The molecule has 0 aliphatic rings. The summed E-state index contributed by atoms with van der Waals surface area (Å²) in [5.74, 6) is 1.05. The molecule has 0 radical (unpaired) electrons. The third-order valence-electron chi connectivity index (χ3n) is 1.71. The Kier molecular flexibility index (Phi) is 2.60. The van der Waals surface area contributed by atoms with Crippen LogP contribution in [0.3, 0.4) is 0 Å². The van der Waals surface area contributed by atoms with Gasteiger partial charge in [0.2, 0.25) is 5.95 Å². The van der Waals surface area contributed by atoms with Gasteiger partial charge in [-0.2, -0.15) is 16.3 Å². The highest BCUT2D eigenvalue weighted by atomic mass is 32.1. The second-order valence-electron chi connectivity index (χ2n) is 2.79. The Bertz CT molecular complexity index is 399. The van der Waals surface area contributed by atoms with Crippen molar-refractivity contribution in [3.8, 4) is 0 Å². The minimum absolute atomic E-state index is 0.479. The van der Waals surface area contributed by atoms with Gasteiger partial charge in [-0.3, -0.25) is 0 Å². The molecule has 2 aromatic rings. The van der Waals surface area contributed by atoms with E-state index in [0.717, 1.165) is 6.54 Å². The Hall–Kier alpha value is -1.62. The molecule has 0 aromatic carbocycles. The van der Waals surface area contributed by atoms with E-state index in [1.165, 1.54) is 5.56 Å². The summed E-state index contributed by atoms with van der Waals surface area (Å²) in [4.78, 5) is 8.07. The molecule has 0 saturated carbocycles. The zero-order chi connectivity index (χ0) is 9.80. The minimum Gasteiger partial charge on any atom is -0.384 e. The highest BCUT2D eigenvalue weighted by Gasteiger charge is 1.96. The van der Waals surface area contributed by atoms with Crippen LogP contribution in [-0.2, 0) is 6.54 Å². The highest BCUT2D eigenvalue weighted by Crippen LogP contribution is 2.08. The molecule has 72 valence electrons. The molecule has 2 aromatic heterocycles. The summed E-state index contributed by atoms with van der Waals surface area (Å²) in [6.07, 6.45) is 1.64. The maximum atomic E-state index is 5.52. The molecule has 0 aliphatic heterocycles. The van der Waals surface area contributed by atoms with Gasteiger partial charge in [-0.05, 0) is 28.5 Å². The second kappa shape index (κ2) is 4.06. The van der Waals surface area contributed by atoms with Gasteiger partial charge in [0.05, 0.1) is 0 Å². The van der Waals surface area contributed by atoms with Crippen LogP contribution in [0.4, 0.5) is 11.8 Å². The first kappa shape index (κ1) is 8.96. The lowest BCUT2D eigenvalue weighted by Gasteiger charge is -2.02. The van der Waals surface area contributed by atoms with Crippen LogP contribution in [0, 0.1) is 0 Å². The van der Waals surface area contributed by atoms with E-state index in [4.69, 9.17) is 5.73 Å². The fraction of sp³-hybridized carbons (Fsp3) is 0.111. The second-order valence-corrected chi connectivity index (χ2v) is 3.57. The number of hydrogen-bond acceptors (Lipinski definition) is 5. The molecule has 0 fully saturated rings. The van der Waals surface area contributed by atoms with Gasteiger partial charge in [0.15, 0.2) is 0 Å². The van der Waals surface area contributed by atoms with E-state index in [0.29, 0.717) is 11.8 Å². The van der Waals surface area contributed by atoms with Crippen molar-refractivity contribution in [1.29, 1.82) is 0 Å². The number of anilines is 2. The number of nitrogens with zero attached hydrogens (tertiary/aromatic N) is 2. The van der Waals surface area contributed by atoms with Gasteiger partial charge < -0.3 is 11.1 Å². The van der Waals surface area contributed by atoms with Crippen LogP contribution < -0.4 is 11.1 Å². The summed E-state index contributed by atoms with van der Waals surface area (Å²) in [5, 5.41) is 7.21. The molecule has 0 aliphatic carbocycles. The van der Waals surface area contributed by atoms with Gasteiger partial charge in [0.1, 0.15) is 5.82 Å². The molecule has 0 unspecified atom stereocenters. The number of thiophene rings is 1. The molecule has 0 amide bonds. The number of nitrogen functional groups attached to an aromatic ring is 1. The van der Waals surface area contributed by atoms with Crippen molar-refractivity contribution in [1.82, 2.24) is 9.97 Å². The van der Waals surface area contributed by atoms with Gasteiger partial charge >= 0.3 is 0 Å². The van der Waals surface area contributed by atoms with Crippen molar-refractivity contribution in [2.75, 3.05) is 11.1 Å². The fourth-order valence-electron chi connectivity index (χ4n) is 1.03. The molecule has 4 nitrogen and oxygen atoms in total. The predicted octanol–water partition coefficient (Wildman–Crippen LogP) is 1.73. The van der Waals surface area contributed by atoms with Crippen molar-refractivity contribution in [3.05, 3.63) is 34.7 Å². The zero-order valence-electron chi connectivity index (χ0n) is 7.47. The van der Waals surface area contributed by atoms with Gasteiger partial charge in [-0.15, -0.1) is 0 Å². The quantitative estimate of drug-likeness (QED) is 0.802. The van der Waals surface area contributed by atoms with Crippen LogP contribution in [0.1, 0.15) is 5.56 Å². The molecule has 14 heavy (non-hydrogen) atoms. The standard InChI is InChI=1S/C9H10N4S/c10-8-1-3-11-9(13-8)12-5-7-2-4-14-6-7/h1-4,6H,5H2,(H3,10,11,12,13). The predicted molar refractivity (Wildman–Crippen MR) is 58.1 cm³/mol. The lowest BCUT2D eigenvalue weighted by molar-refractivity contribution is 1.06. The number of nitrogens with two attached hydrogens (primary N) is 1. The largest absolute Gasteiger partial charge is 0.384 e. The van der Waals surface area contributed by atoms with Crippen LogP contribution >= 0.6 is 11.3 Å². The van der Waals surface area contributed by atoms with Crippen molar-refractivity contribution < 1.29 is 0 Å². The minimum atomic E-state index is 0.479. The SMILES string of the molecule is Nc1ccnc(NCc2ccsc2)n1. The van der Waals surface area contributed by atoms with Gasteiger partial charge in [0.25, 0.3) is 0 Å². The van der Waals surface area contributed by atoms with Gasteiger partial charge in [-0.1, -0.05) is 0 Å². The van der Waals surface area contributed by atoms with E-state index in [-0.39, 0.29) is 0 Å². The van der Waals surface area contributed by atoms with Crippen molar-refractivity contribution in [2.24, 2.45) is 0 Å². The average Bonchev–Trinajstić information content (AvgIpc) is 2.67. The Balaban J connectivity index is 1.98. The van der Waals surface area contributed by atoms with E-state index < -0.39 is 0 Å². The van der Waals surface area contributed by atoms with Gasteiger partial charge in [0, 0.05) is 12.7 Å². The Morgan fingerprint density at radius 1 is 1.43 bits per heavy atom. The van der Waals surface area contributed by atoms with Crippen molar-refractivity contribution >= 4 is 23.1 Å². The van der Waals surface area contributed by atoms with Gasteiger partial charge in [-0.25, -0.2) is 4.98 Å². The summed E-state index contributed by atoms with van der Waals surface area (Å²) in [6, 6.07) is 3.72. The Morgan fingerprint density at radius 2 is 2.36 bits per heavy atom. The number of nitrogens with one attached hydrogen (secondary N) is 1. The van der Waals surface area contributed by atoms with Crippen LogP contribution in [0.5, 0.6) is 0 Å². The fourth-order valence-corrected chi connectivity index (χ4v) is 1.70. The summed E-state index contributed by atoms with van der Waals surface area (Å²) in [6.45, 7) is 0.729. The monoisotopic (exact) mass is 206 g/mol. The summed E-state index contributed by atoms with van der Waals surface area (Å²) in [5.41, 5.74) is 6.74. The lowest BCUT2D eigenvalue weighted by Crippen LogP contribution is -2.03. The molecule has 5 heteroatoms. The zero-order valence-corrected chi connectivity index (χ0v) is 8.29. The van der Waals surface area contributed by atoms with E-state index in [1.54, 1.807) is 23.6 Å². The average molecular weight is 206 g/mol. The third-order valence-corrected chi connectivity index (χ3v) is 2.44. The number of aromatic nitrogens is 2. The van der Waals surface area contributed by atoms with Crippen molar-refractivity contribution in [3.63, 3.8) is 0 Å². The van der Waals surface area contributed by atoms with Crippen LogP contribution in [0.2, 0.25) is 0 Å². The first-order valence-electron chi connectivity index (χ1n) is 4.18. The normalized spacial score (nSPS) is 10.0. The van der Waals surface area contributed by atoms with Crippen LogP contribution in [0.25, 0.3) is 0 Å². The molecular weight excluding hydrogens is 196 g/mol.